The SMILES string of the molecule is O=C(O)C1CCN(C(=O)c2cc3cccc([N+](=O)[O-])c3[nH]2)C1. The minimum atomic E-state index is -0.914. The average Bonchev–Trinajstić information content (AvgIpc) is 3.12. The molecule has 1 aliphatic rings. The molecule has 0 bridgehead atoms. The van der Waals surface area contributed by atoms with Crippen LogP contribution in [0.2, 0.25) is 0 Å². The first-order valence-electron chi connectivity index (χ1n) is 6.75. The van der Waals surface area contributed by atoms with Crippen LogP contribution in [0.15, 0.2) is 24.3 Å². The van der Waals surface area contributed by atoms with E-state index in [4.69, 9.17) is 5.11 Å². The summed E-state index contributed by atoms with van der Waals surface area (Å²) in [5, 5.41) is 20.5. The smallest absolute Gasteiger partial charge is 0.308 e. The molecule has 1 aromatic carbocycles. The van der Waals surface area contributed by atoms with Gasteiger partial charge in [-0.15, -0.1) is 0 Å². The number of nitro groups is 1. The minimum absolute atomic E-state index is 0.0959. The topological polar surface area (TPSA) is 117 Å². The number of carboxylic acids is 1. The van der Waals surface area contributed by atoms with Gasteiger partial charge in [0.2, 0.25) is 0 Å². The number of H-pyrrole nitrogens is 1. The van der Waals surface area contributed by atoms with Crippen molar-refractivity contribution in [1.82, 2.24) is 9.88 Å². The predicted molar refractivity (Wildman–Crippen MR) is 76.6 cm³/mol. The molecule has 2 heterocycles. The van der Waals surface area contributed by atoms with Crippen LogP contribution in [0, 0.1) is 16.0 Å². The van der Waals surface area contributed by atoms with Gasteiger partial charge in [-0.3, -0.25) is 19.7 Å². The Labute approximate surface area is 124 Å². The third-order valence-corrected chi connectivity index (χ3v) is 3.89. The molecule has 0 radical (unpaired) electrons. The number of aromatic nitrogens is 1. The van der Waals surface area contributed by atoms with Gasteiger partial charge >= 0.3 is 5.97 Å². The zero-order chi connectivity index (χ0) is 15.9. The van der Waals surface area contributed by atoms with Crippen molar-refractivity contribution >= 4 is 28.5 Å². The summed E-state index contributed by atoms with van der Waals surface area (Å²) in [6, 6.07) is 6.15. The number of nitrogens with zero attached hydrogens (tertiary/aromatic N) is 2. The van der Waals surface area contributed by atoms with E-state index in [0.717, 1.165) is 0 Å². The quantitative estimate of drug-likeness (QED) is 0.660. The largest absolute Gasteiger partial charge is 0.481 e. The van der Waals surface area contributed by atoms with Gasteiger partial charge in [-0.05, 0) is 12.5 Å². The molecular weight excluding hydrogens is 290 g/mol. The number of aromatic amines is 1. The fourth-order valence-electron chi connectivity index (χ4n) is 2.72. The van der Waals surface area contributed by atoms with E-state index < -0.39 is 16.8 Å². The molecule has 1 aromatic heterocycles. The van der Waals surface area contributed by atoms with E-state index in [0.29, 0.717) is 23.9 Å². The van der Waals surface area contributed by atoms with Gasteiger partial charge in [0.1, 0.15) is 11.2 Å². The number of fused-ring (bicyclic) bond motifs is 1. The monoisotopic (exact) mass is 303 g/mol. The maximum absolute atomic E-state index is 12.4. The van der Waals surface area contributed by atoms with Gasteiger partial charge in [0, 0.05) is 24.5 Å². The summed E-state index contributed by atoms with van der Waals surface area (Å²) in [7, 11) is 0. The molecule has 2 aromatic rings. The maximum Gasteiger partial charge on any atom is 0.308 e. The molecule has 1 atom stereocenters. The van der Waals surface area contributed by atoms with Gasteiger partial charge in [-0.25, -0.2) is 0 Å². The molecule has 1 saturated heterocycles. The van der Waals surface area contributed by atoms with E-state index in [1.807, 2.05) is 0 Å². The second kappa shape index (κ2) is 5.14. The van der Waals surface area contributed by atoms with E-state index in [1.54, 1.807) is 18.2 Å². The number of hydrogen-bond acceptors (Lipinski definition) is 4. The van der Waals surface area contributed by atoms with Crippen molar-refractivity contribution in [3.05, 3.63) is 40.1 Å². The molecule has 1 fully saturated rings. The Bertz CT molecular complexity index is 782. The Morgan fingerprint density at radius 1 is 1.41 bits per heavy atom. The molecule has 2 N–H and O–H groups in total. The van der Waals surface area contributed by atoms with Crippen LogP contribution in [0.1, 0.15) is 16.9 Å². The number of nitro benzene ring substituents is 1. The molecule has 8 nitrogen and oxygen atoms in total. The Morgan fingerprint density at radius 3 is 2.82 bits per heavy atom. The third-order valence-electron chi connectivity index (χ3n) is 3.89. The van der Waals surface area contributed by atoms with Crippen LogP contribution in [0.3, 0.4) is 0 Å². The molecule has 0 spiro atoms. The number of amides is 1. The van der Waals surface area contributed by atoms with Crippen molar-refractivity contribution in [2.24, 2.45) is 5.92 Å². The molecule has 8 heteroatoms. The molecular formula is C14H13N3O5. The zero-order valence-corrected chi connectivity index (χ0v) is 11.5. The average molecular weight is 303 g/mol. The van der Waals surface area contributed by atoms with Crippen molar-refractivity contribution in [3.63, 3.8) is 0 Å². The van der Waals surface area contributed by atoms with E-state index >= 15 is 0 Å². The number of carbonyl (C=O) groups excluding carboxylic acids is 1. The summed E-state index contributed by atoms with van der Waals surface area (Å²) in [4.78, 5) is 38.1. The molecule has 114 valence electrons. The number of nitrogens with one attached hydrogen (secondary N) is 1. The van der Waals surface area contributed by atoms with Crippen LogP contribution >= 0.6 is 0 Å². The number of aliphatic carboxylic acids is 1. The first-order valence-corrected chi connectivity index (χ1v) is 6.75. The number of carbonyl (C=O) groups is 2. The summed E-state index contributed by atoms with van der Waals surface area (Å²) in [6.45, 7) is 0.527. The standard InChI is InChI=1S/C14H13N3O5/c18-13(16-5-4-9(7-16)14(19)20)10-6-8-2-1-3-11(17(21)22)12(8)15-10/h1-3,6,9,15H,4-5,7H2,(H,19,20). The van der Waals surface area contributed by atoms with Gasteiger partial charge in [-0.2, -0.15) is 0 Å². The number of rotatable bonds is 3. The number of para-hydroxylation sites is 1. The van der Waals surface area contributed by atoms with E-state index in [1.165, 1.54) is 11.0 Å². The highest BCUT2D eigenvalue weighted by Gasteiger charge is 2.32. The van der Waals surface area contributed by atoms with Crippen molar-refractivity contribution < 1.29 is 19.6 Å². The second-order valence-corrected chi connectivity index (χ2v) is 5.26. The summed E-state index contributed by atoms with van der Waals surface area (Å²) in [5.74, 6) is -1.81. The molecule has 3 rings (SSSR count). The lowest BCUT2D eigenvalue weighted by Crippen LogP contribution is -2.30. The van der Waals surface area contributed by atoms with Crippen molar-refractivity contribution in [1.29, 1.82) is 0 Å². The lowest BCUT2D eigenvalue weighted by molar-refractivity contribution is -0.383. The predicted octanol–water partition coefficient (Wildman–Crippen LogP) is 1.62. The summed E-state index contributed by atoms with van der Waals surface area (Å²) in [6.07, 6.45) is 0.418. The third kappa shape index (κ3) is 2.28. The van der Waals surface area contributed by atoms with E-state index in [9.17, 15) is 19.7 Å². The highest BCUT2D eigenvalue weighted by atomic mass is 16.6. The minimum Gasteiger partial charge on any atom is -0.481 e. The highest BCUT2D eigenvalue weighted by molar-refractivity contribution is 6.00. The second-order valence-electron chi connectivity index (χ2n) is 5.26. The van der Waals surface area contributed by atoms with Gasteiger partial charge < -0.3 is 15.0 Å². The van der Waals surface area contributed by atoms with Crippen molar-refractivity contribution in [2.45, 2.75) is 6.42 Å². The Balaban J connectivity index is 1.91. The fourth-order valence-corrected chi connectivity index (χ4v) is 2.72. The zero-order valence-electron chi connectivity index (χ0n) is 11.5. The molecule has 1 amide bonds. The van der Waals surface area contributed by atoms with Gasteiger partial charge in [0.05, 0.1) is 10.8 Å². The summed E-state index contributed by atoms with van der Waals surface area (Å²) < 4.78 is 0. The molecule has 0 aliphatic carbocycles. The van der Waals surface area contributed by atoms with Crippen LogP contribution in [-0.2, 0) is 4.79 Å². The van der Waals surface area contributed by atoms with Crippen LogP contribution in [0.4, 0.5) is 5.69 Å². The summed E-state index contributed by atoms with van der Waals surface area (Å²) >= 11 is 0. The first-order chi connectivity index (χ1) is 10.5. The lowest BCUT2D eigenvalue weighted by atomic mass is 10.1. The van der Waals surface area contributed by atoms with Crippen LogP contribution in [0.25, 0.3) is 10.9 Å². The highest BCUT2D eigenvalue weighted by Crippen LogP contribution is 2.27. The fraction of sp³-hybridized carbons (Fsp3) is 0.286. The van der Waals surface area contributed by atoms with Crippen LogP contribution < -0.4 is 0 Å². The molecule has 1 aliphatic heterocycles. The molecule has 0 saturated carbocycles. The number of hydrogen-bond donors (Lipinski definition) is 2. The number of carboxylic acid groups (broad SMARTS) is 1. The Hall–Kier alpha value is -2.90. The summed E-state index contributed by atoms with van der Waals surface area (Å²) in [5.41, 5.74) is 0.432. The van der Waals surface area contributed by atoms with Crippen molar-refractivity contribution in [2.75, 3.05) is 13.1 Å². The van der Waals surface area contributed by atoms with Gasteiger partial charge in [-0.1, -0.05) is 12.1 Å². The lowest BCUT2D eigenvalue weighted by Gasteiger charge is -2.14. The molecule has 22 heavy (non-hydrogen) atoms. The number of likely N-dealkylation sites (tertiary alicyclic amines) is 1. The van der Waals surface area contributed by atoms with Crippen LogP contribution in [0.5, 0.6) is 0 Å². The normalized spacial score (nSPS) is 17.8. The molecule has 1 unspecified atom stereocenters. The number of non-ortho nitro benzene ring substituents is 1. The van der Waals surface area contributed by atoms with Gasteiger partial charge in [0.15, 0.2) is 0 Å². The maximum atomic E-state index is 12.4. The van der Waals surface area contributed by atoms with E-state index in [2.05, 4.69) is 4.98 Å². The number of benzene rings is 1. The Kier molecular flexibility index (Phi) is 3.28. The van der Waals surface area contributed by atoms with Crippen LogP contribution in [-0.4, -0.2) is 44.9 Å². The van der Waals surface area contributed by atoms with Gasteiger partial charge in [0.25, 0.3) is 11.6 Å². The Morgan fingerprint density at radius 2 is 2.18 bits per heavy atom. The van der Waals surface area contributed by atoms with E-state index in [-0.39, 0.29) is 23.8 Å². The van der Waals surface area contributed by atoms with Crippen molar-refractivity contribution in [3.8, 4) is 0 Å². The first kappa shape index (κ1) is 14.1.